The van der Waals surface area contributed by atoms with E-state index < -0.39 is 4.92 Å². The Balaban J connectivity index is 2.37. The lowest BCUT2D eigenvalue weighted by Crippen LogP contribution is -1.93. The van der Waals surface area contributed by atoms with Gasteiger partial charge >= 0.3 is 5.69 Å². The summed E-state index contributed by atoms with van der Waals surface area (Å²) < 4.78 is 5.94. The molecule has 0 aliphatic carbocycles. The fourth-order valence-corrected chi connectivity index (χ4v) is 2.36. The predicted octanol–water partition coefficient (Wildman–Crippen LogP) is 4.26. The normalized spacial score (nSPS) is 10.2. The van der Waals surface area contributed by atoms with Crippen molar-refractivity contribution in [2.45, 2.75) is 0 Å². The third-order valence-electron chi connectivity index (χ3n) is 1.77. The van der Waals surface area contributed by atoms with Gasteiger partial charge in [0.2, 0.25) is 5.75 Å². The molecule has 88 valence electrons. The third kappa shape index (κ3) is 2.93. The molecule has 2 rings (SSSR count). The SMILES string of the molecule is O=[N+]([O-])c1ccc(Cl)cc1Oc1nc(Br)cs1. The molecule has 0 bridgehead atoms. The van der Waals surface area contributed by atoms with E-state index in [-0.39, 0.29) is 11.4 Å². The lowest BCUT2D eigenvalue weighted by atomic mass is 10.3. The number of aromatic nitrogens is 1. The van der Waals surface area contributed by atoms with E-state index in [1.54, 1.807) is 5.38 Å². The molecule has 0 unspecified atom stereocenters. The van der Waals surface area contributed by atoms with E-state index in [1.807, 2.05) is 0 Å². The Hall–Kier alpha value is -1.18. The minimum atomic E-state index is -0.533. The highest BCUT2D eigenvalue weighted by atomic mass is 79.9. The predicted molar refractivity (Wildman–Crippen MR) is 68.0 cm³/mol. The molecule has 0 saturated heterocycles. The number of nitrogens with zero attached hydrogens (tertiary/aromatic N) is 2. The zero-order valence-corrected chi connectivity index (χ0v) is 11.3. The average molecular weight is 336 g/mol. The summed E-state index contributed by atoms with van der Waals surface area (Å²) in [7, 11) is 0. The first-order valence-corrected chi connectivity index (χ1v) is 6.34. The molecule has 1 heterocycles. The molecule has 0 saturated carbocycles. The number of ether oxygens (including phenoxy) is 1. The Morgan fingerprint density at radius 3 is 2.88 bits per heavy atom. The molecular weight excluding hydrogens is 332 g/mol. The Bertz CT molecular complexity index is 575. The third-order valence-corrected chi connectivity index (χ3v) is 3.43. The van der Waals surface area contributed by atoms with Crippen LogP contribution in [-0.2, 0) is 0 Å². The zero-order chi connectivity index (χ0) is 12.4. The molecule has 1 aromatic heterocycles. The average Bonchev–Trinajstić information content (AvgIpc) is 2.63. The number of nitro groups is 1. The van der Waals surface area contributed by atoms with Gasteiger partial charge in [0.15, 0.2) is 0 Å². The second-order valence-electron chi connectivity index (χ2n) is 2.91. The molecule has 5 nitrogen and oxygen atoms in total. The monoisotopic (exact) mass is 334 g/mol. The molecule has 0 fully saturated rings. The van der Waals surface area contributed by atoms with Gasteiger partial charge in [0.1, 0.15) is 4.60 Å². The van der Waals surface area contributed by atoms with Crippen LogP contribution >= 0.6 is 38.9 Å². The number of halogens is 2. The van der Waals surface area contributed by atoms with Crippen molar-refractivity contribution in [2.75, 3.05) is 0 Å². The fraction of sp³-hybridized carbons (Fsp3) is 0. The second-order valence-corrected chi connectivity index (χ2v) is 4.98. The van der Waals surface area contributed by atoms with E-state index >= 15 is 0 Å². The van der Waals surface area contributed by atoms with Gasteiger partial charge in [-0.15, -0.1) is 0 Å². The lowest BCUT2D eigenvalue weighted by Gasteiger charge is -2.02. The van der Waals surface area contributed by atoms with Crippen molar-refractivity contribution in [2.24, 2.45) is 0 Å². The maximum atomic E-state index is 10.8. The van der Waals surface area contributed by atoms with Crippen LogP contribution in [0.15, 0.2) is 28.2 Å². The summed E-state index contributed by atoms with van der Waals surface area (Å²) in [4.78, 5) is 14.2. The molecule has 0 amide bonds. The zero-order valence-electron chi connectivity index (χ0n) is 8.09. The summed E-state index contributed by atoms with van der Waals surface area (Å²) in [6.07, 6.45) is 0. The minimum absolute atomic E-state index is 0.0735. The van der Waals surface area contributed by atoms with Crippen LogP contribution in [0.3, 0.4) is 0 Å². The highest BCUT2D eigenvalue weighted by Crippen LogP contribution is 2.35. The van der Waals surface area contributed by atoms with Crippen LogP contribution in [0.2, 0.25) is 5.02 Å². The quantitative estimate of drug-likeness (QED) is 0.621. The van der Waals surface area contributed by atoms with E-state index in [4.69, 9.17) is 16.3 Å². The molecule has 0 N–H and O–H groups in total. The summed E-state index contributed by atoms with van der Waals surface area (Å²) in [5, 5.41) is 13.2. The van der Waals surface area contributed by atoms with E-state index in [2.05, 4.69) is 20.9 Å². The van der Waals surface area contributed by atoms with Gasteiger partial charge in [-0.25, -0.2) is 0 Å². The number of hydrogen-bond donors (Lipinski definition) is 0. The summed E-state index contributed by atoms with van der Waals surface area (Å²) in [6, 6.07) is 4.11. The Morgan fingerprint density at radius 2 is 2.29 bits per heavy atom. The number of hydrogen-bond acceptors (Lipinski definition) is 5. The van der Waals surface area contributed by atoms with Crippen LogP contribution in [0.25, 0.3) is 0 Å². The smallest absolute Gasteiger partial charge is 0.311 e. The molecule has 0 aliphatic rings. The fourth-order valence-electron chi connectivity index (χ4n) is 1.10. The Morgan fingerprint density at radius 1 is 1.53 bits per heavy atom. The van der Waals surface area contributed by atoms with Crippen LogP contribution in [0, 0.1) is 10.1 Å². The molecule has 1 aromatic carbocycles. The highest BCUT2D eigenvalue weighted by Gasteiger charge is 2.17. The molecule has 8 heteroatoms. The number of nitro benzene ring substituents is 1. The second kappa shape index (κ2) is 4.99. The maximum Gasteiger partial charge on any atom is 0.311 e. The van der Waals surface area contributed by atoms with Crippen molar-refractivity contribution in [3.8, 4) is 10.9 Å². The summed E-state index contributed by atoms with van der Waals surface area (Å²) >= 11 is 10.2. The first-order chi connectivity index (χ1) is 8.06. The maximum absolute atomic E-state index is 10.8. The Kier molecular flexibility index (Phi) is 3.60. The molecular formula is C9H4BrClN2O3S. The van der Waals surface area contributed by atoms with Crippen LogP contribution in [0.1, 0.15) is 0 Å². The van der Waals surface area contributed by atoms with Crippen LogP contribution in [0.4, 0.5) is 5.69 Å². The van der Waals surface area contributed by atoms with Crippen molar-refractivity contribution >= 4 is 44.6 Å². The number of benzene rings is 1. The van der Waals surface area contributed by atoms with E-state index in [0.717, 1.165) is 0 Å². The number of thiazole rings is 1. The first-order valence-electron chi connectivity index (χ1n) is 4.29. The summed E-state index contributed by atoms with van der Waals surface area (Å²) in [5.74, 6) is 0.0735. The van der Waals surface area contributed by atoms with Crippen molar-refractivity contribution in [3.63, 3.8) is 0 Å². The van der Waals surface area contributed by atoms with E-state index in [0.29, 0.717) is 14.8 Å². The topological polar surface area (TPSA) is 65.3 Å². The largest absolute Gasteiger partial charge is 0.423 e. The lowest BCUT2D eigenvalue weighted by molar-refractivity contribution is -0.385. The summed E-state index contributed by atoms with van der Waals surface area (Å²) in [6.45, 7) is 0. The van der Waals surface area contributed by atoms with Crippen molar-refractivity contribution in [3.05, 3.63) is 43.3 Å². The van der Waals surface area contributed by atoms with Gasteiger partial charge in [-0.1, -0.05) is 22.9 Å². The van der Waals surface area contributed by atoms with E-state index in [1.165, 1.54) is 29.5 Å². The number of rotatable bonds is 3. The van der Waals surface area contributed by atoms with Gasteiger partial charge in [-0.3, -0.25) is 10.1 Å². The summed E-state index contributed by atoms with van der Waals surface area (Å²) in [5.41, 5.74) is -0.152. The van der Waals surface area contributed by atoms with Gasteiger partial charge < -0.3 is 4.74 Å². The van der Waals surface area contributed by atoms with Gasteiger partial charge in [0, 0.05) is 22.5 Å². The van der Waals surface area contributed by atoms with Gasteiger partial charge in [-0.2, -0.15) is 4.98 Å². The van der Waals surface area contributed by atoms with Crippen molar-refractivity contribution < 1.29 is 9.66 Å². The van der Waals surface area contributed by atoms with Gasteiger partial charge in [0.05, 0.1) is 4.92 Å². The molecule has 0 spiro atoms. The molecule has 2 aromatic rings. The van der Waals surface area contributed by atoms with Crippen LogP contribution in [0.5, 0.6) is 10.9 Å². The highest BCUT2D eigenvalue weighted by molar-refractivity contribution is 9.10. The first kappa shape index (κ1) is 12.3. The van der Waals surface area contributed by atoms with Gasteiger partial charge in [-0.05, 0) is 22.0 Å². The van der Waals surface area contributed by atoms with Crippen LogP contribution < -0.4 is 4.74 Å². The molecule has 17 heavy (non-hydrogen) atoms. The van der Waals surface area contributed by atoms with Crippen molar-refractivity contribution in [1.82, 2.24) is 4.98 Å². The Labute approximate surface area is 113 Å². The minimum Gasteiger partial charge on any atom is -0.423 e. The van der Waals surface area contributed by atoms with Crippen LogP contribution in [-0.4, -0.2) is 9.91 Å². The molecule has 0 radical (unpaired) electrons. The molecule has 0 atom stereocenters. The van der Waals surface area contributed by atoms with Gasteiger partial charge in [0.25, 0.3) is 5.19 Å². The van der Waals surface area contributed by atoms with E-state index in [9.17, 15) is 10.1 Å². The van der Waals surface area contributed by atoms with Crippen molar-refractivity contribution in [1.29, 1.82) is 0 Å². The molecule has 0 aliphatic heterocycles. The standard InChI is InChI=1S/C9H4BrClN2O3S/c10-8-4-17-9(12-8)16-7-3-5(11)1-2-6(7)13(14)15/h1-4H.